The fraction of sp³-hybridized carbons (Fsp3) is 0.0714. The Morgan fingerprint density at radius 2 is 1.88 bits per heavy atom. The smallest absolute Gasteiger partial charge is 0.143 e. The van der Waals surface area contributed by atoms with Crippen LogP contribution in [0.4, 0.5) is 0 Å². The summed E-state index contributed by atoms with van der Waals surface area (Å²) in [7, 11) is 1.69. The van der Waals surface area contributed by atoms with E-state index in [4.69, 9.17) is 4.74 Å². The van der Waals surface area contributed by atoms with Gasteiger partial charge >= 0.3 is 0 Å². The number of pyridine rings is 1. The van der Waals surface area contributed by atoms with Crippen LogP contribution in [0, 0.1) is 0 Å². The monoisotopic (exact) mass is 224 g/mol. The molecule has 2 heterocycles. The van der Waals surface area contributed by atoms with Crippen molar-refractivity contribution in [2.75, 3.05) is 7.11 Å². The fourth-order valence-electron chi connectivity index (χ4n) is 2.05. The molecule has 3 heteroatoms. The number of fused-ring (bicyclic) bond motifs is 1. The fourth-order valence-corrected chi connectivity index (χ4v) is 2.05. The van der Waals surface area contributed by atoms with E-state index >= 15 is 0 Å². The van der Waals surface area contributed by atoms with Gasteiger partial charge in [-0.05, 0) is 24.3 Å². The summed E-state index contributed by atoms with van der Waals surface area (Å²) in [5.74, 6) is 0.879. The summed E-state index contributed by atoms with van der Waals surface area (Å²) in [6.45, 7) is 0. The van der Waals surface area contributed by atoms with Crippen molar-refractivity contribution in [1.82, 2.24) is 9.55 Å². The first-order valence-electron chi connectivity index (χ1n) is 5.44. The molecule has 0 N–H and O–H groups in total. The van der Waals surface area contributed by atoms with Crippen molar-refractivity contribution in [2.24, 2.45) is 0 Å². The summed E-state index contributed by atoms with van der Waals surface area (Å²) in [5, 5.41) is 1.17. The number of rotatable bonds is 2. The minimum atomic E-state index is 0.879. The molecule has 17 heavy (non-hydrogen) atoms. The van der Waals surface area contributed by atoms with E-state index in [1.807, 2.05) is 30.5 Å². The van der Waals surface area contributed by atoms with Gasteiger partial charge < -0.3 is 9.30 Å². The molecule has 0 saturated carbocycles. The van der Waals surface area contributed by atoms with Crippen LogP contribution in [0.5, 0.6) is 5.75 Å². The van der Waals surface area contributed by atoms with Crippen LogP contribution in [0.25, 0.3) is 16.6 Å². The second-order valence-corrected chi connectivity index (χ2v) is 3.79. The Balaban J connectivity index is 2.31. The Morgan fingerprint density at radius 3 is 2.65 bits per heavy atom. The zero-order valence-electron chi connectivity index (χ0n) is 9.50. The number of para-hydroxylation sites is 1. The first-order valence-corrected chi connectivity index (χ1v) is 5.44. The minimum absolute atomic E-state index is 0.879. The molecule has 1 aromatic carbocycles. The van der Waals surface area contributed by atoms with Crippen LogP contribution in [0.1, 0.15) is 0 Å². The van der Waals surface area contributed by atoms with E-state index in [2.05, 4.69) is 21.7 Å². The normalized spacial score (nSPS) is 10.6. The van der Waals surface area contributed by atoms with Crippen LogP contribution < -0.4 is 4.74 Å². The summed E-state index contributed by atoms with van der Waals surface area (Å²) in [5.41, 5.74) is 2.17. The van der Waals surface area contributed by atoms with Gasteiger partial charge in [0.05, 0.1) is 12.6 Å². The third-order valence-electron chi connectivity index (χ3n) is 2.84. The van der Waals surface area contributed by atoms with E-state index in [1.54, 1.807) is 19.5 Å². The molecule has 0 fully saturated rings. The van der Waals surface area contributed by atoms with Crippen molar-refractivity contribution >= 4 is 10.9 Å². The van der Waals surface area contributed by atoms with Gasteiger partial charge in [-0.25, -0.2) is 0 Å². The van der Waals surface area contributed by atoms with Crippen LogP contribution in [0.3, 0.4) is 0 Å². The number of aromatic nitrogens is 2. The summed E-state index contributed by atoms with van der Waals surface area (Å²) < 4.78 is 7.52. The Morgan fingerprint density at radius 1 is 1.06 bits per heavy atom. The van der Waals surface area contributed by atoms with E-state index in [0.29, 0.717) is 0 Å². The van der Waals surface area contributed by atoms with Gasteiger partial charge in [0.1, 0.15) is 5.75 Å². The highest BCUT2D eigenvalue weighted by atomic mass is 16.5. The van der Waals surface area contributed by atoms with E-state index in [1.165, 1.54) is 5.39 Å². The molecule has 3 aromatic rings. The zero-order chi connectivity index (χ0) is 11.7. The highest BCUT2D eigenvalue weighted by Gasteiger charge is 2.07. The van der Waals surface area contributed by atoms with Crippen molar-refractivity contribution in [1.29, 1.82) is 0 Å². The predicted molar refractivity (Wildman–Crippen MR) is 67.6 cm³/mol. The standard InChI is InChI=1S/C14H12N2O/c1-17-13-4-2-3-11-7-10-16(14(11)13)12-5-8-15-9-6-12/h2-10H,1H3. The summed E-state index contributed by atoms with van der Waals surface area (Å²) in [6, 6.07) is 12.1. The quantitative estimate of drug-likeness (QED) is 0.669. The zero-order valence-corrected chi connectivity index (χ0v) is 9.50. The molecule has 3 rings (SSSR count). The van der Waals surface area contributed by atoms with Crippen LogP contribution in [0.15, 0.2) is 55.0 Å². The van der Waals surface area contributed by atoms with Crippen molar-refractivity contribution in [3.8, 4) is 11.4 Å². The van der Waals surface area contributed by atoms with Gasteiger partial charge in [0.15, 0.2) is 0 Å². The lowest BCUT2D eigenvalue weighted by Gasteiger charge is -2.08. The van der Waals surface area contributed by atoms with Gasteiger partial charge in [-0.1, -0.05) is 12.1 Å². The highest BCUT2D eigenvalue weighted by Crippen LogP contribution is 2.28. The van der Waals surface area contributed by atoms with Crippen LogP contribution in [-0.4, -0.2) is 16.7 Å². The third-order valence-corrected chi connectivity index (χ3v) is 2.84. The largest absolute Gasteiger partial charge is 0.495 e. The molecule has 2 aromatic heterocycles. The molecule has 0 aliphatic rings. The number of methoxy groups -OCH3 is 1. The number of hydrogen-bond acceptors (Lipinski definition) is 2. The summed E-state index contributed by atoms with van der Waals surface area (Å²) in [6.07, 6.45) is 5.62. The van der Waals surface area contributed by atoms with Crippen LogP contribution >= 0.6 is 0 Å². The second-order valence-electron chi connectivity index (χ2n) is 3.79. The Bertz CT molecular complexity index is 644. The topological polar surface area (TPSA) is 27.1 Å². The maximum absolute atomic E-state index is 5.41. The molecule has 0 spiro atoms. The van der Waals surface area contributed by atoms with E-state index in [-0.39, 0.29) is 0 Å². The Hall–Kier alpha value is -2.29. The molecular weight excluding hydrogens is 212 g/mol. The van der Waals surface area contributed by atoms with Gasteiger partial charge in [0.2, 0.25) is 0 Å². The van der Waals surface area contributed by atoms with Crippen molar-refractivity contribution in [3.05, 3.63) is 55.0 Å². The molecule has 0 amide bonds. The number of ether oxygens (including phenoxy) is 1. The molecule has 0 radical (unpaired) electrons. The molecule has 0 aliphatic carbocycles. The van der Waals surface area contributed by atoms with Gasteiger partial charge in [-0.2, -0.15) is 0 Å². The van der Waals surface area contributed by atoms with E-state index in [9.17, 15) is 0 Å². The average Bonchev–Trinajstić information content (AvgIpc) is 2.83. The molecule has 0 atom stereocenters. The van der Waals surface area contributed by atoms with Gasteiger partial charge in [0, 0.05) is 29.7 Å². The SMILES string of the molecule is COc1cccc2ccn(-c3ccncc3)c12. The number of nitrogens with zero attached hydrogens (tertiary/aromatic N) is 2. The maximum atomic E-state index is 5.41. The van der Waals surface area contributed by atoms with Gasteiger partial charge in [-0.15, -0.1) is 0 Å². The van der Waals surface area contributed by atoms with Gasteiger partial charge in [0.25, 0.3) is 0 Å². The average molecular weight is 224 g/mol. The molecule has 84 valence electrons. The molecule has 3 nitrogen and oxygen atoms in total. The van der Waals surface area contributed by atoms with Gasteiger partial charge in [-0.3, -0.25) is 4.98 Å². The molecular formula is C14H12N2O. The highest BCUT2D eigenvalue weighted by molar-refractivity contribution is 5.87. The lowest BCUT2D eigenvalue weighted by atomic mass is 10.2. The molecule has 0 aliphatic heterocycles. The maximum Gasteiger partial charge on any atom is 0.143 e. The van der Waals surface area contributed by atoms with Crippen molar-refractivity contribution in [3.63, 3.8) is 0 Å². The van der Waals surface area contributed by atoms with Crippen molar-refractivity contribution < 1.29 is 4.74 Å². The molecule has 0 saturated heterocycles. The number of hydrogen-bond donors (Lipinski definition) is 0. The third kappa shape index (κ3) is 1.56. The molecule has 0 unspecified atom stereocenters. The summed E-state index contributed by atoms with van der Waals surface area (Å²) in [4.78, 5) is 4.03. The first kappa shape index (κ1) is 9.90. The van der Waals surface area contributed by atoms with Crippen LogP contribution in [0.2, 0.25) is 0 Å². The first-order chi connectivity index (χ1) is 8.40. The Labute approximate surface area is 99.3 Å². The van der Waals surface area contributed by atoms with Crippen molar-refractivity contribution in [2.45, 2.75) is 0 Å². The lowest BCUT2D eigenvalue weighted by molar-refractivity contribution is 0.418. The minimum Gasteiger partial charge on any atom is -0.495 e. The number of benzene rings is 1. The second kappa shape index (κ2) is 3.94. The van der Waals surface area contributed by atoms with E-state index < -0.39 is 0 Å². The predicted octanol–water partition coefficient (Wildman–Crippen LogP) is 3.03. The van der Waals surface area contributed by atoms with Crippen LogP contribution in [-0.2, 0) is 0 Å². The molecule has 0 bridgehead atoms. The summed E-state index contributed by atoms with van der Waals surface area (Å²) >= 11 is 0. The Kier molecular flexibility index (Phi) is 2.29. The lowest BCUT2D eigenvalue weighted by Crippen LogP contribution is -1.94. The van der Waals surface area contributed by atoms with E-state index in [0.717, 1.165) is 17.0 Å².